The lowest BCUT2D eigenvalue weighted by Crippen LogP contribution is -2.25. The number of nitrogens with one attached hydrogen (secondary N) is 2. The van der Waals surface area contributed by atoms with Crippen molar-refractivity contribution in [2.75, 3.05) is 11.9 Å². The van der Waals surface area contributed by atoms with Gasteiger partial charge in [0.05, 0.1) is 12.0 Å². The number of amides is 2. The van der Waals surface area contributed by atoms with Crippen LogP contribution in [0.5, 0.6) is 5.75 Å². The van der Waals surface area contributed by atoms with Crippen molar-refractivity contribution in [1.82, 2.24) is 5.43 Å². The van der Waals surface area contributed by atoms with Gasteiger partial charge in [0.15, 0.2) is 12.4 Å². The van der Waals surface area contributed by atoms with Crippen LogP contribution in [0.1, 0.15) is 23.0 Å². The maximum Gasteiger partial charge on any atom is 0.291 e. The van der Waals surface area contributed by atoms with Crippen LogP contribution < -0.4 is 15.5 Å². The van der Waals surface area contributed by atoms with E-state index in [0.29, 0.717) is 22.2 Å². The van der Waals surface area contributed by atoms with Gasteiger partial charge in [0, 0.05) is 10.7 Å². The largest absolute Gasteiger partial charge is 0.484 e. The van der Waals surface area contributed by atoms with Gasteiger partial charge in [0.1, 0.15) is 5.75 Å². The first-order valence-electron chi connectivity index (χ1n) is 8.68. The molecule has 148 valence electrons. The zero-order valence-corrected chi connectivity index (χ0v) is 16.3. The van der Waals surface area contributed by atoms with Gasteiger partial charge in [0.2, 0.25) is 0 Å². The predicted octanol–water partition coefficient (Wildman–Crippen LogP) is 4.10. The van der Waals surface area contributed by atoms with Crippen molar-refractivity contribution in [3.8, 4) is 5.75 Å². The number of furan rings is 1. The normalized spacial score (nSPS) is 11.0. The van der Waals surface area contributed by atoms with E-state index in [1.165, 1.54) is 6.26 Å². The van der Waals surface area contributed by atoms with Crippen molar-refractivity contribution in [2.45, 2.75) is 6.92 Å². The first-order valence-corrected chi connectivity index (χ1v) is 9.06. The van der Waals surface area contributed by atoms with Gasteiger partial charge in [-0.15, -0.1) is 0 Å². The number of hydrazone groups is 1. The SMILES string of the molecule is CC(=NNC(=O)COc1ccc(Cl)cc1)c1cccc(NC(=O)c2ccco2)c1. The molecule has 0 unspecified atom stereocenters. The minimum atomic E-state index is -0.401. The summed E-state index contributed by atoms with van der Waals surface area (Å²) >= 11 is 5.80. The Bertz CT molecular complexity index is 1010. The molecule has 2 amide bonds. The number of hydrogen-bond acceptors (Lipinski definition) is 5. The molecule has 0 saturated carbocycles. The molecule has 0 aliphatic carbocycles. The Morgan fingerprint density at radius 2 is 1.90 bits per heavy atom. The molecule has 0 radical (unpaired) electrons. The second kappa shape index (κ2) is 9.57. The fourth-order valence-electron chi connectivity index (χ4n) is 2.35. The molecule has 3 aromatic rings. The van der Waals surface area contributed by atoms with Gasteiger partial charge in [-0.3, -0.25) is 9.59 Å². The van der Waals surface area contributed by atoms with Gasteiger partial charge in [-0.05, 0) is 61.0 Å². The van der Waals surface area contributed by atoms with E-state index >= 15 is 0 Å². The summed E-state index contributed by atoms with van der Waals surface area (Å²) in [5.41, 5.74) is 4.33. The van der Waals surface area contributed by atoms with E-state index in [-0.39, 0.29) is 18.3 Å². The molecule has 0 atom stereocenters. The van der Waals surface area contributed by atoms with Crippen LogP contribution in [0.25, 0.3) is 0 Å². The van der Waals surface area contributed by atoms with Crippen molar-refractivity contribution >= 4 is 34.8 Å². The number of hydrogen-bond donors (Lipinski definition) is 2. The molecular weight excluding hydrogens is 394 g/mol. The Labute approximate surface area is 172 Å². The van der Waals surface area contributed by atoms with Gasteiger partial charge < -0.3 is 14.5 Å². The molecule has 0 bridgehead atoms. The van der Waals surface area contributed by atoms with Crippen LogP contribution in [0.4, 0.5) is 5.69 Å². The van der Waals surface area contributed by atoms with E-state index in [4.69, 9.17) is 20.8 Å². The summed E-state index contributed by atoms with van der Waals surface area (Å²) in [6.45, 7) is 1.56. The number of ether oxygens (including phenoxy) is 1. The van der Waals surface area contributed by atoms with Gasteiger partial charge in [0.25, 0.3) is 11.8 Å². The summed E-state index contributed by atoms with van der Waals surface area (Å²) in [5.74, 6) is -0.00466. The topological polar surface area (TPSA) is 92.9 Å². The molecule has 0 aliphatic rings. The van der Waals surface area contributed by atoms with E-state index in [1.54, 1.807) is 61.5 Å². The Kier molecular flexibility index (Phi) is 6.65. The quantitative estimate of drug-likeness (QED) is 0.452. The predicted molar refractivity (Wildman–Crippen MR) is 110 cm³/mol. The van der Waals surface area contributed by atoms with Crippen molar-refractivity contribution in [3.05, 3.63) is 83.3 Å². The maximum absolute atomic E-state index is 12.1. The van der Waals surface area contributed by atoms with Crippen LogP contribution in [0.3, 0.4) is 0 Å². The number of carbonyl (C=O) groups excluding carboxylic acids is 2. The fraction of sp³-hybridized carbons (Fsp3) is 0.0952. The number of rotatable bonds is 7. The highest BCUT2D eigenvalue weighted by atomic mass is 35.5. The molecular formula is C21H18ClN3O4. The lowest BCUT2D eigenvalue weighted by molar-refractivity contribution is -0.123. The van der Waals surface area contributed by atoms with Crippen molar-refractivity contribution < 1.29 is 18.7 Å². The minimum Gasteiger partial charge on any atom is -0.484 e. The molecule has 8 heteroatoms. The molecule has 0 aliphatic heterocycles. The van der Waals surface area contributed by atoms with Crippen molar-refractivity contribution in [3.63, 3.8) is 0 Å². The second-order valence-corrected chi connectivity index (χ2v) is 6.42. The molecule has 7 nitrogen and oxygen atoms in total. The van der Waals surface area contributed by atoms with Crippen LogP contribution in [0, 0.1) is 0 Å². The summed E-state index contributed by atoms with van der Waals surface area (Å²) < 4.78 is 10.4. The van der Waals surface area contributed by atoms with Crippen LogP contribution in [0.2, 0.25) is 5.02 Å². The van der Waals surface area contributed by atoms with Crippen LogP contribution in [-0.4, -0.2) is 24.1 Å². The minimum absolute atomic E-state index is 0.183. The van der Waals surface area contributed by atoms with E-state index in [1.807, 2.05) is 6.07 Å². The smallest absolute Gasteiger partial charge is 0.291 e. The highest BCUT2D eigenvalue weighted by Gasteiger charge is 2.09. The summed E-state index contributed by atoms with van der Waals surface area (Å²) in [7, 11) is 0. The standard InChI is InChI=1S/C21H18ClN3O4/c1-14(24-25-20(26)13-29-18-9-7-16(22)8-10-18)15-4-2-5-17(12-15)23-21(27)19-6-3-11-28-19/h2-12H,13H2,1H3,(H,23,27)(H,25,26). The Morgan fingerprint density at radius 1 is 1.10 bits per heavy atom. The molecule has 0 saturated heterocycles. The monoisotopic (exact) mass is 411 g/mol. The van der Waals surface area contributed by atoms with Crippen LogP contribution >= 0.6 is 11.6 Å². The first kappa shape index (κ1) is 20.2. The second-order valence-electron chi connectivity index (χ2n) is 5.99. The number of carbonyl (C=O) groups is 2. The highest BCUT2D eigenvalue weighted by Crippen LogP contribution is 2.15. The molecule has 2 aromatic carbocycles. The van der Waals surface area contributed by atoms with Gasteiger partial charge >= 0.3 is 0 Å². The maximum atomic E-state index is 12.1. The zero-order chi connectivity index (χ0) is 20.6. The molecule has 1 heterocycles. The van der Waals surface area contributed by atoms with Crippen LogP contribution in [0.15, 0.2) is 76.4 Å². The summed E-state index contributed by atoms with van der Waals surface area (Å²) in [6.07, 6.45) is 1.43. The van der Waals surface area contributed by atoms with Gasteiger partial charge in [-0.1, -0.05) is 23.7 Å². The van der Waals surface area contributed by atoms with E-state index in [0.717, 1.165) is 5.56 Å². The third-order valence-corrected chi connectivity index (χ3v) is 4.07. The number of halogens is 1. The molecule has 3 rings (SSSR count). The average molecular weight is 412 g/mol. The molecule has 0 spiro atoms. The molecule has 2 N–H and O–H groups in total. The molecule has 0 fully saturated rings. The number of nitrogens with zero attached hydrogens (tertiary/aromatic N) is 1. The summed E-state index contributed by atoms with van der Waals surface area (Å²) in [5, 5.41) is 7.41. The van der Waals surface area contributed by atoms with E-state index in [9.17, 15) is 9.59 Å². The first-order chi connectivity index (χ1) is 14.0. The van der Waals surface area contributed by atoms with Gasteiger partial charge in [-0.2, -0.15) is 5.10 Å². The number of anilines is 1. The average Bonchev–Trinajstić information content (AvgIpc) is 3.27. The zero-order valence-electron chi connectivity index (χ0n) is 15.5. The molecule has 1 aromatic heterocycles. The van der Waals surface area contributed by atoms with Crippen molar-refractivity contribution in [1.29, 1.82) is 0 Å². The third-order valence-electron chi connectivity index (χ3n) is 3.82. The van der Waals surface area contributed by atoms with Crippen molar-refractivity contribution in [2.24, 2.45) is 5.10 Å². The summed E-state index contributed by atoms with van der Waals surface area (Å²) in [4.78, 5) is 24.0. The number of benzene rings is 2. The van der Waals surface area contributed by atoms with Gasteiger partial charge in [-0.25, -0.2) is 5.43 Å². The highest BCUT2D eigenvalue weighted by molar-refractivity contribution is 6.30. The fourth-order valence-corrected chi connectivity index (χ4v) is 2.47. The lowest BCUT2D eigenvalue weighted by Gasteiger charge is -2.07. The Balaban J connectivity index is 1.55. The Hall–Kier alpha value is -3.58. The van der Waals surface area contributed by atoms with E-state index < -0.39 is 5.91 Å². The Morgan fingerprint density at radius 3 is 2.62 bits per heavy atom. The summed E-state index contributed by atoms with van der Waals surface area (Å²) in [6, 6.07) is 17.0. The van der Waals surface area contributed by atoms with Crippen LogP contribution in [-0.2, 0) is 4.79 Å². The lowest BCUT2D eigenvalue weighted by atomic mass is 10.1. The molecule has 29 heavy (non-hydrogen) atoms. The third kappa shape index (κ3) is 5.95. The van der Waals surface area contributed by atoms with E-state index in [2.05, 4.69) is 15.8 Å².